The Morgan fingerprint density at radius 3 is 1.59 bits per heavy atom. The van der Waals surface area contributed by atoms with Crippen LogP contribution in [0.1, 0.15) is 50.7 Å². The van der Waals surface area contributed by atoms with Gasteiger partial charge in [0, 0.05) is 58.2 Å². The highest BCUT2D eigenvalue weighted by molar-refractivity contribution is 5.95. The normalized spacial score (nSPS) is 12.3. The molecule has 0 atom stereocenters. The molecule has 3 radical (unpaired) electrons. The molecular formula is C37H34BF2N6O5. The SMILES string of the molecule is C.O=C(O)c1cc(Cc2n[nH]c(=O)c3ccccc23)ccc1F.O=C(c1cc(Cc2n[nH]c(=O)c3ccccc23)ccc1F)N1CCNCC1.[B]. The second-order valence-corrected chi connectivity index (χ2v) is 11.4. The number of hydrogen-bond donors (Lipinski definition) is 4. The molecule has 1 saturated heterocycles. The summed E-state index contributed by atoms with van der Waals surface area (Å²) in [6.07, 6.45) is 0.678. The molecule has 0 bridgehead atoms. The predicted molar refractivity (Wildman–Crippen MR) is 191 cm³/mol. The molecule has 0 spiro atoms. The average Bonchev–Trinajstić information content (AvgIpc) is 3.12. The van der Waals surface area contributed by atoms with Gasteiger partial charge >= 0.3 is 5.97 Å². The molecule has 1 aliphatic heterocycles. The summed E-state index contributed by atoms with van der Waals surface area (Å²) < 4.78 is 27.7. The summed E-state index contributed by atoms with van der Waals surface area (Å²) in [6, 6.07) is 22.7. The van der Waals surface area contributed by atoms with Crippen molar-refractivity contribution in [3.63, 3.8) is 0 Å². The number of carbonyl (C=O) groups is 2. The molecule has 4 N–H and O–H groups in total. The van der Waals surface area contributed by atoms with Crippen molar-refractivity contribution in [2.24, 2.45) is 0 Å². The molecule has 1 aliphatic rings. The molecular weight excluding hydrogens is 657 g/mol. The molecule has 11 nitrogen and oxygen atoms in total. The highest BCUT2D eigenvalue weighted by Crippen LogP contribution is 2.21. The number of carboxylic acid groups (broad SMARTS) is 1. The van der Waals surface area contributed by atoms with Gasteiger partial charge in [-0.15, -0.1) is 0 Å². The molecule has 4 aromatic carbocycles. The fourth-order valence-corrected chi connectivity index (χ4v) is 5.73. The van der Waals surface area contributed by atoms with Gasteiger partial charge in [0.25, 0.3) is 17.0 Å². The number of aromatic carboxylic acids is 1. The summed E-state index contributed by atoms with van der Waals surface area (Å²) in [5.41, 5.74) is 1.79. The number of piperazine rings is 1. The lowest BCUT2D eigenvalue weighted by atomic mass is 10.0. The maximum absolute atomic E-state index is 14.3. The first-order valence-electron chi connectivity index (χ1n) is 15.4. The van der Waals surface area contributed by atoms with E-state index in [4.69, 9.17) is 5.11 Å². The van der Waals surface area contributed by atoms with Gasteiger partial charge in [-0.05, 0) is 47.5 Å². The van der Waals surface area contributed by atoms with E-state index < -0.39 is 17.6 Å². The van der Waals surface area contributed by atoms with E-state index in [1.165, 1.54) is 18.2 Å². The minimum absolute atomic E-state index is 0. The Hall–Kier alpha value is -6.02. The Morgan fingerprint density at radius 2 is 1.12 bits per heavy atom. The molecule has 259 valence electrons. The second kappa shape index (κ2) is 16.6. The number of nitrogens with zero attached hydrogens (tertiary/aromatic N) is 3. The van der Waals surface area contributed by atoms with Gasteiger partial charge in [0.05, 0.1) is 33.3 Å². The zero-order valence-electron chi connectivity index (χ0n) is 26.6. The van der Waals surface area contributed by atoms with E-state index in [1.54, 1.807) is 53.4 Å². The number of halogens is 2. The number of rotatable bonds is 6. The third-order valence-corrected chi connectivity index (χ3v) is 8.22. The number of carbonyl (C=O) groups excluding carboxylic acids is 1. The third-order valence-electron chi connectivity index (χ3n) is 8.22. The molecule has 14 heteroatoms. The monoisotopic (exact) mass is 691 g/mol. The molecule has 0 aliphatic carbocycles. The number of aromatic amines is 2. The van der Waals surface area contributed by atoms with Crippen molar-refractivity contribution in [3.05, 3.63) is 151 Å². The molecule has 2 aromatic heterocycles. The molecule has 3 heterocycles. The van der Waals surface area contributed by atoms with Gasteiger partial charge in [-0.25, -0.2) is 23.8 Å². The number of carboxylic acids is 1. The predicted octanol–water partition coefficient (Wildman–Crippen LogP) is 4.30. The number of hydrogen-bond acceptors (Lipinski definition) is 7. The number of fused-ring (bicyclic) bond motifs is 2. The lowest BCUT2D eigenvalue weighted by molar-refractivity contribution is 0.0689. The van der Waals surface area contributed by atoms with E-state index in [2.05, 4.69) is 25.7 Å². The molecule has 1 amide bonds. The average molecular weight is 692 g/mol. The third kappa shape index (κ3) is 8.42. The first-order valence-corrected chi connectivity index (χ1v) is 15.4. The van der Waals surface area contributed by atoms with E-state index in [9.17, 15) is 28.0 Å². The molecule has 0 saturated carbocycles. The zero-order valence-corrected chi connectivity index (χ0v) is 26.6. The van der Waals surface area contributed by atoms with Crippen LogP contribution in [0, 0.1) is 11.6 Å². The van der Waals surface area contributed by atoms with Crippen LogP contribution in [0.2, 0.25) is 0 Å². The quantitative estimate of drug-likeness (QED) is 0.188. The van der Waals surface area contributed by atoms with E-state index >= 15 is 0 Å². The molecule has 0 unspecified atom stereocenters. The van der Waals surface area contributed by atoms with Gasteiger partial charge in [0.15, 0.2) is 0 Å². The second-order valence-electron chi connectivity index (χ2n) is 11.4. The van der Waals surface area contributed by atoms with Crippen LogP contribution in [0.25, 0.3) is 21.5 Å². The largest absolute Gasteiger partial charge is 0.478 e. The summed E-state index contributed by atoms with van der Waals surface area (Å²) >= 11 is 0. The summed E-state index contributed by atoms with van der Waals surface area (Å²) in [4.78, 5) is 49.0. The molecule has 51 heavy (non-hydrogen) atoms. The van der Waals surface area contributed by atoms with Crippen LogP contribution in [-0.4, -0.2) is 76.9 Å². The Balaban J connectivity index is 0.000000224. The fraction of sp³-hybridized carbons (Fsp3) is 0.189. The first kappa shape index (κ1) is 37.8. The number of amides is 1. The Labute approximate surface area is 292 Å². The van der Waals surface area contributed by atoms with E-state index in [0.29, 0.717) is 65.7 Å². The van der Waals surface area contributed by atoms with Crippen LogP contribution in [0.15, 0.2) is 94.5 Å². The minimum Gasteiger partial charge on any atom is -0.478 e. The minimum atomic E-state index is -1.32. The maximum Gasteiger partial charge on any atom is 0.338 e. The van der Waals surface area contributed by atoms with Crippen LogP contribution in [0.4, 0.5) is 8.78 Å². The fourth-order valence-electron chi connectivity index (χ4n) is 5.73. The van der Waals surface area contributed by atoms with Crippen molar-refractivity contribution in [1.82, 2.24) is 30.6 Å². The Kier molecular flexibility index (Phi) is 12.3. The van der Waals surface area contributed by atoms with E-state index in [0.717, 1.165) is 17.0 Å². The highest BCUT2D eigenvalue weighted by atomic mass is 19.1. The van der Waals surface area contributed by atoms with Gasteiger partial charge in [0.1, 0.15) is 11.6 Å². The maximum atomic E-state index is 14.3. The summed E-state index contributed by atoms with van der Waals surface area (Å²) in [5, 5.41) is 27.7. The zero-order chi connectivity index (χ0) is 34.5. The Bertz CT molecular complexity index is 2320. The van der Waals surface area contributed by atoms with Crippen molar-refractivity contribution in [1.29, 1.82) is 0 Å². The highest BCUT2D eigenvalue weighted by Gasteiger charge is 2.22. The van der Waals surface area contributed by atoms with E-state index in [1.807, 2.05) is 12.1 Å². The lowest BCUT2D eigenvalue weighted by Gasteiger charge is -2.27. The van der Waals surface area contributed by atoms with Gasteiger partial charge in [-0.3, -0.25) is 14.4 Å². The van der Waals surface area contributed by atoms with Gasteiger partial charge in [-0.2, -0.15) is 10.2 Å². The standard InChI is InChI=1S/C20H19FN4O2.C16H11FN2O3.CH4.B/c21-17-6-5-13(11-16(17)20(27)25-9-7-22-8-10-25)12-18-14-3-1-2-4-15(14)19(26)24-23-18;17-13-6-5-9(7-12(13)16(21)22)8-14-10-3-1-2-4-11(10)15(20)19-18-14;;/h1-6,11,22H,7-10,12H2,(H,24,26);1-7H,8H2,(H,19,20)(H,21,22);1H4;. The van der Waals surface area contributed by atoms with Gasteiger partial charge in [-0.1, -0.05) is 56.0 Å². The van der Waals surface area contributed by atoms with Crippen molar-refractivity contribution < 1.29 is 23.5 Å². The number of H-pyrrole nitrogens is 2. The first-order chi connectivity index (χ1) is 23.7. The van der Waals surface area contributed by atoms with Gasteiger partial charge in [0.2, 0.25) is 0 Å². The summed E-state index contributed by atoms with van der Waals surface area (Å²) in [7, 11) is 0. The van der Waals surface area contributed by atoms with Crippen molar-refractivity contribution in [3.8, 4) is 0 Å². The van der Waals surface area contributed by atoms with Crippen LogP contribution in [-0.2, 0) is 12.8 Å². The summed E-state index contributed by atoms with van der Waals surface area (Å²) in [6.45, 7) is 2.55. The number of nitrogens with one attached hydrogen (secondary N) is 3. The van der Waals surface area contributed by atoms with Crippen LogP contribution >= 0.6 is 0 Å². The lowest BCUT2D eigenvalue weighted by Crippen LogP contribution is -2.46. The van der Waals surface area contributed by atoms with Crippen LogP contribution < -0.4 is 16.4 Å². The van der Waals surface area contributed by atoms with Gasteiger partial charge < -0.3 is 15.3 Å². The Morgan fingerprint density at radius 1 is 0.686 bits per heavy atom. The molecule has 6 aromatic rings. The number of aromatic nitrogens is 4. The van der Waals surface area contributed by atoms with E-state index in [-0.39, 0.29) is 50.4 Å². The molecule has 7 rings (SSSR count). The smallest absolute Gasteiger partial charge is 0.338 e. The van der Waals surface area contributed by atoms with Crippen molar-refractivity contribution >= 4 is 41.8 Å². The summed E-state index contributed by atoms with van der Waals surface area (Å²) in [5.74, 6) is -2.93. The van der Waals surface area contributed by atoms with Crippen molar-refractivity contribution in [2.45, 2.75) is 20.3 Å². The number of benzene rings is 4. The topological polar surface area (TPSA) is 161 Å². The van der Waals surface area contributed by atoms with Crippen LogP contribution in [0.3, 0.4) is 0 Å². The van der Waals surface area contributed by atoms with Crippen LogP contribution in [0.5, 0.6) is 0 Å². The van der Waals surface area contributed by atoms with Crippen molar-refractivity contribution in [2.75, 3.05) is 26.2 Å². The molecule has 1 fully saturated rings.